The van der Waals surface area contributed by atoms with E-state index in [0.29, 0.717) is 0 Å². The first-order valence-corrected chi connectivity index (χ1v) is 5.98. The van der Waals surface area contributed by atoms with E-state index in [0.717, 1.165) is 21.5 Å². The fourth-order valence-electron chi connectivity index (χ4n) is 2.00. The molecule has 2 rings (SSSR count). The summed E-state index contributed by atoms with van der Waals surface area (Å²) in [5.74, 6) is 1.68. The summed E-state index contributed by atoms with van der Waals surface area (Å²) >= 11 is 3.48. The third-order valence-electron chi connectivity index (χ3n) is 2.62. The van der Waals surface area contributed by atoms with Gasteiger partial charge in [0.05, 0.1) is 11.6 Å². The molecule has 0 amide bonds. The van der Waals surface area contributed by atoms with E-state index in [1.807, 2.05) is 26.0 Å². The molecule has 0 saturated carbocycles. The van der Waals surface area contributed by atoms with Gasteiger partial charge in [-0.05, 0) is 54.4 Å². The zero-order chi connectivity index (χ0) is 11.9. The molecule has 0 atom stereocenters. The molecular formula is C13H15BrO2. The van der Waals surface area contributed by atoms with Crippen molar-refractivity contribution < 1.29 is 9.47 Å². The molecule has 16 heavy (non-hydrogen) atoms. The fraction of sp³-hybridized carbons (Fsp3) is 0.385. The van der Waals surface area contributed by atoms with Crippen molar-refractivity contribution in [2.75, 3.05) is 7.11 Å². The number of halogens is 1. The number of hydrogen-bond acceptors (Lipinski definition) is 2. The lowest BCUT2D eigenvalue weighted by Gasteiger charge is -2.30. The van der Waals surface area contributed by atoms with Crippen molar-refractivity contribution in [3.8, 4) is 11.5 Å². The quantitative estimate of drug-likeness (QED) is 0.774. The van der Waals surface area contributed by atoms with E-state index in [4.69, 9.17) is 9.47 Å². The van der Waals surface area contributed by atoms with Gasteiger partial charge in [-0.15, -0.1) is 0 Å². The second-order valence-corrected chi connectivity index (χ2v) is 5.37. The molecule has 0 bridgehead atoms. The van der Waals surface area contributed by atoms with E-state index < -0.39 is 0 Å². The number of ether oxygens (including phenoxy) is 2. The SMILES string of the molecule is COc1cc2c(cc1Br)C(C)=CC(C)(C)O2. The molecule has 0 saturated heterocycles. The molecule has 1 heterocycles. The average Bonchev–Trinajstić information content (AvgIpc) is 2.17. The Kier molecular flexibility index (Phi) is 2.74. The van der Waals surface area contributed by atoms with Crippen LogP contribution in [-0.2, 0) is 0 Å². The van der Waals surface area contributed by atoms with Crippen LogP contribution in [0.15, 0.2) is 22.7 Å². The van der Waals surface area contributed by atoms with Gasteiger partial charge in [0.1, 0.15) is 17.1 Å². The number of allylic oxidation sites excluding steroid dienone is 1. The molecule has 1 aromatic rings. The topological polar surface area (TPSA) is 18.5 Å². The summed E-state index contributed by atoms with van der Waals surface area (Å²) in [6.45, 7) is 6.20. The molecule has 0 spiro atoms. The van der Waals surface area contributed by atoms with Crippen LogP contribution in [0.5, 0.6) is 11.5 Å². The molecule has 0 unspecified atom stereocenters. The lowest BCUT2D eigenvalue weighted by Crippen LogP contribution is -2.28. The minimum atomic E-state index is -0.254. The molecule has 0 N–H and O–H groups in total. The Balaban J connectivity index is 2.58. The molecule has 1 aliphatic heterocycles. The van der Waals surface area contributed by atoms with Gasteiger partial charge >= 0.3 is 0 Å². The Hall–Kier alpha value is -0.960. The van der Waals surface area contributed by atoms with Crippen LogP contribution in [0.2, 0.25) is 0 Å². The molecule has 86 valence electrons. The van der Waals surface area contributed by atoms with Gasteiger partial charge in [-0.25, -0.2) is 0 Å². The van der Waals surface area contributed by atoms with Crippen LogP contribution in [-0.4, -0.2) is 12.7 Å². The van der Waals surface area contributed by atoms with Crippen LogP contribution < -0.4 is 9.47 Å². The van der Waals surface area contributed by atoms with Crippen LogP contribution in [0, 0.1) is 0 Å². The summed E-state index contributed by atoms with van der Waals surface area (Å²) in [7, 11) is 1.66. The lowest BCUT2D eigenvalue weighted by atomic mass is 9.96. The van der Waals surface area contributed by atoms with Crippen LogP contribution in [0.4, 0.5) is 0 Å². The number of methoxy groups -OCH3 is 1. The average molecular weight is 283 g/mol. The molecule has 0 aromatic heterocycles. The normalized spacial score (nSPS) is 17.2. The summed E-state index contributed by atoms with van der Waals surface area (Å²) in [4.78, 5) is 0. The Morgan fingerprint density at radius 2 is 2.00 bits per heavy atom. The van der Waals surface area contributed by atoms with E-state index in [1.165, 1.54) is 5.57 Å². The fourth-order valence-corrected chi connectivity index (χ4v) is 2.50. The number of benzene rings is 1. The van der Waals surface area contributed by atoms with E-state index in [2.05, 4.69) is 28.9 Å². The smallest absolute Gasteiger partial charge is 0.136 e. The van der Waals surface area contributed by atoms with Crippen molar-refractivity contribution in [2.45, 2.75) is 26.4 Å². The zero-order valence-electron chi connectivity index (χ0n) is 9.93. The van der Waals surface area contributed by atoms with Crippen molar-refractivity contribution in [1.82, 2.24) is 0 Å². The van der Waals surface area contributed by atoms with Crippen LogP contribution in [0.25, 0.3) is 5.57 Å². The van der Waals surface area contributed by atoms with E-state index >= 15 is 0 Å². The third kappa shape index (κ3) is 1.96. The molecule has 0 fully saturated rings. The van der Waals surface area contributed by atoms with Crippen molar-refractivity contribution in [3.63, 3.8) is 0 Å². The number of fused-ring (bicyclic) bond motifs is 1. The first kappa shape index (κ1) is 11.5. The largest absolute Gasteiger partial charge is 0.495 e. The predicted molar refractivity (Wildman–Crippen MR) is 69.1 cm³/mol. The van der Waals surface area contributed by atoms with Crippen LogP contribution in [0.1, 0.15) is 26.3 Å². The number of hydrogen-bond donors (Lipinski definition) is 0. The van der Waals surface area contributed by atoms with E-state index in [-0.39, 0.29) is 5.60 Å². The zero-order valence-corrected chi connectivity index (χ0v) is 11.5. The number of rotatable bonds is 1. The molecule has 0 aliphatic carbocycles. The Morgan fingerprint density at radius 3 is 2.62 bits per heavy atom. The molecule has 2 nitrogen and oxygen atoms in total. The summed E-state index contributed by atoms with van der Waals surface area (Å²) in [5, 5.41) is 0. The van der Waals surface area contributed by atoms with Gasteiger partial charge in [-0.3, -0.25) is 0 Å². The highest BCUT2D eigenvalue weighted by atomic mass is 79.9. The minimum absolute atomic E-state index is 0.254. The van der Waals surface area contributed by atoms with Gasteiger partial charge in [-0.2, -0.15) is 0 Å². The second-order valence-electron chi connectivity index (χ2n) is 4.52. The van der Waals surface area contributed by atoms with E-state index in [1.54, 1.807) is 7.11 Å². The first-order chi connectivity index (χ1) is 7.43. The molecule has 1 aliphatic rings. The Morgan fingerprint density at radius 1 is 1.31 bits per heavy atom. The highest BCUT2D eigenvalue weighted by Gasteiger charge is 2.25. The van der Waals surface area contributed by atoms with Crippen LogP contribution in [0.3, 0.4) is 0 Å². The van der Waals surface area contributed by atoms with Gasteiger partial charge in [0.15, 0.2) is 0 Å². The summed E-state index contributed by atoms with van der Waals surface area (Å²) in [6, 6.07) is 3.97. The van der Waals surface area contributed by atoms with E-state index in [9.17, 15) is 0 Å². The van der Waals surface area contributed by atoms with Gasteiger partial charge in [-0.1, -0.05) is 0 Å². The van der Waals surface area contributed by atoms with Gasteiger partial charge in [0, 0.05) is 11.6 Å². The Labute approximate surface area is 104 Å². The first-order valence-electron chi connectivity index (χ1n) is 5.19. The van der Waals surface area contributed by atoms with Gasteiger partial charge in [0.2, 0.25) is 0 Å². The van der Waals surface area contributed by atoms with Crippen molar-refractivity contribution in [3.05, 3.63) is 28.2 Å². The second kappa shape index (κ2) is 3.81. The highest BCUT2D eigenvalue weighted by Crippen LogP contribution is 2.41. The van der Waals surface area contributed by atoms with Crippen molar-refractivity contribution in [2.24, 2.45) is 0 Å². The summed E-state index contributed by atoms with van der Waals surface area (Å²) < 4.78 is 12.1. The Bertz CT molecular complexity index is 461. The van der Waals surface area contributed by atoms with Crippen LogP contribution >= 0.6 is 15.9 Å². The molecule has 1 aromatic carbocycles. The maximum absolute atomic E-state index is 5.91. The maximum atomic E-state index is 5.91. The van der Waals surface area contributed by atoms with Gasteiger partial charge < -0.3 is 9.47 Å². The summed E-state index contributed by atoms with van der Waals surface area (Å²) in [5.41, 5.74) is 2.09. The standard InChI is InChI=1S/C13H15BrO2/c1-8-7-13(2,3)16-11-6-12(15-4)10(14)5-9(8)11/h5-7H,1-4H3. The van der Waals surface area contributed by atoms with Crippen molar-refractivity contribution >= 4 is 21.5 Å². The molecular weight excluding hydrogens is 268 g/mol. The molecule has 3 heteroatoms. The monoisotopic (exact) mass is 282 g/mol. The predicted octanol–water partition coefficient (Wildman–Crippen LogP) is 4.03. The minimum Gasteiger partial charge on any atom is -0.495 e. The maximum Gasteiger partial charge on any atom is 0.136 e. The van der Waals surface area contributed by atoms with Crippen molar-refractivity contribution in [1.29, 1.82) is 0 Å². The lowest BCUT2D eigenvalue weighted by molar-refractivity contribution is 0.157. The molecule has 0 radical (unpaired) electrons. The highest BCUT2D eigenvalue weighted by molar-refractivity contribution is 9.10. The summed E-state index contributed by atoms with van der Waals surface area (Å²) in [6.07, 6.45) is 2.13. The third-order valence-corrected chi connectivity index (χ3v) is 3.24. The van der Waals surface area contributed by atoms with Gasteiger partial charge in [0.25, 0.3) is 0 Å².